The zero-order valence-electron chi connectivity index (χ0n) is 13.4. The Labute approximate surface area is 131 Å². The fraction of sp³-hybridized carbons (Fsp3) is 0.412. The Hall–Kier alpha value is -2.30. The molecule has 3 rings (SSSR count). The van der Waals surface area contributed by atoms with Crippen LogP contribution in [-0.2, 0) is 19.4 Å². The van der Waals surface area contributed by atoms with Gasteiger partial charge in [0.05, 0.1) is 7.11 Å². The van der Waals surface area contributed by atoms with Gasteiger partial charge in [0.25, 0.3) is 0 Å². The first-order valence-corrected chi connectivity index (χ1v) is 7.70. The van der Waals surface area contributed by atoms with Crippen molar-refractivity contribution in [1.29, 1.82) is 0 Å². The summed E-state index contributed by atoms with van der Waals surface area (Å²) in [6.07, 6.45) is 1.92. The molecule has 1 N–H and O–H groups in total. The lowest BCUT2D eigenvalue weighted by atomic mass is 9.99. The molecule has 0 amide bonds. The van der Waals surface area contributed by atoms with Crippen molar-refractivity contribution < 1.29 is 4.74 Å². The molecule has 1 aromatic heterocycles. The van der Waals surface area contributed by atoms with Crippen molar-refractivity contribution in [2.75, 3.05) is 30.9 Å². The van der Waals surface area contributed by atoms with Crippen LogP contribution in [0.25, 0.3) is 0 Å². The van der Waals surface area contributed by atoms with E-state index >= 15 is 0 Å². The molecular formula is C17H22N4O. The number of anilines is 2. The minimum Gasteiger partial charge on any atom is -0.497 e. The molecule has 5 heteroatoms. The van der Waals surface area contributed by atoms with Gasteiger partial charge in [-0.05, 0) is 36.1 Å². The number of ether oxygens (including phenoxy) is 1. The van der Waals surface area contributed by atoms with Crippen molar-refractivity contribution in [3.63, 3.8) is 0 Å². The Morgan fingerprint density at radius 1 is 1.23 bits per heavy atom. The number of rotatable bonds is 4. The van der Waals surface area contributed by atoms with E-state index in [-0.39, 0.29) is 0 Å². The number of nitrogens with one attached hydrogen (secondary N) is 1. The Kier molecular flexibility index (Phi) is 4.13. The minimum atomic E-state index is 0.690. The average Bonchev–Trinajstić information content (AvgIpc) is 2.60. The summed E-state index contributed by atoms with van der Waals surface area (Å²) in [7, 11) is 3.57. The van der Waals surface area contributed by atoms with Gasteiger partial charge in [0.15, 0.2) is 0 Å². The zero-order valence-corrected chi connectivity index (χ0v) is 13.4. The summed E-state index contributed by atoms with van der Waals surface area (Å²) in [5.74, 6) is 2.62. The van der Waals surface area contributed by atoms with E-state index in [1.807, 2.05) is 13.1 Å². The number of aryl methyl sites for hydroxylation is 1. The fourth-order valence-corrected chi connectivity index (χ4v) is 2.79. The maximum Gasteiger partial charge on any atom is 0.224 e. The summed E-state index contributed by atoms with van der Waals surface area (Å²) in [4.78, 5) is 11.4. The van der Waals surface area contributed by atoms with Gasteiger partial charge in [-0.3, -0.25) is 0 Å². The summed E-state index contributed by atoms with van der Waals surface area (Å²) < 4.78 is 5.31. The molecule has 116 valence electrons. The number of nitrogens with zero attached hydrogens (tertiary/aromatic N) is 3. The SMILES string of the molecule is CCc1cc(N2CCc3cc(OC)ccc3C2)nc(NC)n1. The standard InChI is InChI=1S/C17H22N4O/c1-4-14-10-16(20-17(18-2)19-14)21-8-7-12-9-15(22-3)6-5-13(12)11-21/h5-6,9-10H,4,7-8,11H2,1-3H3,(H,18,19,20). The second kappa shape index (κ2) is 6.22. The third-order valence-corrected chi connectivity index (χ3v) is 4.10. The highest BCUT2D eigenvalue weighted by Gasteiger charge is 2.19. The zero-order chi connectivity index (χ0) is 15.5. The maximum atomic E-state index is 5.31. The Bertz CT molecular complexity index is 649. The van der Waals surface area contributed by atoms with Gasteiger partial charge in [-0.25, -0.2) is 4.98 Å². The summed E-state index contributed by atoms with van der Waals surface area (Å²) in [5.41, 5.74) is 3.78. The molecule has 0 bridgehead atoms. The number of methoxy groups -OCH3 is 1. The third-order valence-electron chi connectivity index (χ3n) is 4.10. The van der Waals surface area contributed by atoms with Gasteiger partial charge < -0.3 is 15.0 Å². The summed E-state index contributed by atoms with van der Waals surface area (Å²) in [5, 5.41) is 3.05. The molecule has 0 atom stereocenters. The molecule has 0 fully saturated rings. The normalized spacial score (nSPS) is 13.7. The lowest BCUT2D eigenvalue weighted by Gasteiger charge is -2.30. The van der Waals surface area contributed by atoms with Crippen LogP contribution in [0.4, 0.5) is 11.8 Å². The molecule has 22 heavy (non-hydrogen) atoms. The number of benzene rings is 1. The predicted octanol–water partition coefficient (Wildman–Crippen LogP) is 2.65. The van der Waals surface area contributed by atoms with Gasteiger partial charge in [-0.1, -0.05) is 13.0 Å². The highest BCUT2D eigenvalue weighted by Crippen LogP contribution is 2.27. The Morgan fingerprint density at radius 2 is 2.09 bits per heavy atom. The number of fused-ring (bicyclic) bond motifs is 1. The third kappa shape index (κ3) is 2.84. The van der Waals surface area contributed by atoms with E-state index in [4.69, 9.17) is 4.74 Å². The second-order valence-electron chi connectivity index (χ2n) is 5.45. The van der Waals surface area contributed by atoms with Gasteiger partial charge in [-0.15, -0.1) is 0 Å². The van der Waals surface area contributed by atoms with E-state index in [9.17, 15) is 0 Å². The first kappa shape index (κ1) is 14.6. The molecule has 0 aliphatic carbocycles. The highest BCUT2D eigenvalue weighted by molar-refractivity contribution is 5.49. The molecule has 0 saturated carbocycles. The first-order valence-electron chi connectivity index (χ1n) is 7.70. The summed E-state index contributed by atoms with van der Waals surface area (Å²) in [6, 6.07) is 8.42. The summed E-state index contributed by atoms with van der Waals surface area (Å²) >= 11 is 0. The van der Waals surface area contributed by atoms with Crippen LogP contribution in [0, 0.1) is 0 Å². The van der Waals surface area contributed by atoms with Gasteiger partial charge in [0.2, 0.25) is 5.95 Å². The van der Waals surface area contributed by atoms with Crippen LogP contribution in [0.5, 0.6) is 5.75 Å². The summed E-state index contributed by atoms with van der Waals surface area (Å²) in [6.45, 7) is 3.95. The Morgan fingerprint density at radius 3 is 2.82 bits per heavy atom. The molecule has 5 nitrogen and oxygen atoms in total. The first-order chi connectivity index (χ1) is 10.7. The smallest absolute Gasteiger partial charge is 0.224 e. The predicted molar refractivity (Wildman–Crippen MR) is 88.7 cm³/mol. The molecule has 0 spiro atoms. The quantitative estimate of drug-likeness (QED) is 0.940. The number of aromatic nitrogens is 2. The van der Waals surface area contributed by atoms with Gasteiger partial charge in [-0.2, -0.15) is 4.98 Å². The molecule has 0 saturated heterocycles. The molecule has 2 heterocycles. The van der Waals surface area contributed by atoms with Gasteiger partial charge >= 0.3 is 0 Å². The van der Waals surface area contributed by atoms with Crippen LogP contribution in [0.15, 0.2) is 24.3 Å². The van der Waals surface area contributed by atoms with Gasteiger partial charge in [0.1, 0.15) is 11.6 Å². The van der Waals surface area contributed by atoms with Crippen molar-refractivity contribution in [2.45, 2.75) is 26.3 Å². The molecule has 2 aromatic rings. The average molecular weight is 298 g/mol. The monoisotopic (exact) mass is 298 g/mol. The molecule has 1 aliphatic heterocycles. The van der Waals surface area contributed by atoms with Crippen LogP contribution >= 0.6 is 0 Å². The number of hydrogen-bond donors (Lipinski definition) is 1. The van der Waals surface area contributed by atoms with E-state index in [1.54, 1.807) is 7.11 Å². The van der Waals surface area contributed by atoms with Crippen molar-refractivity contribution in [3.05, 3.63) is 41.1 Å². The molecule has 0 unspecified atom stereocenters. The van der Waals surface area contributed by atoms with Crippen LogP contribution in [0.1, 0.15) is 23.7 Å². The lowest BCUT2D eigenvalue weighted by Crippen LogP contribution is -2.31. The number of hydrogen-bond acceptors (Lipinski definition) is 5. The van der Waals surface area contributed by atoms with Crippen molar-refractivity contribution in [2.24, 2.45) is 0 Å². The van der Waals surface area contributed by atoms with E-state index in [2.05, 4.69) is 45.3 Å². The van der Waals surface area contributed by atoms with E-state index in [0.717, 1.165) is 43.2 Å². The maximum absolute atomic E-state index is 5.31. The van der Waals surface area contributed by atoms with Gasteiger partial charge in [0, 0.05) is 31.9 Å². The molecule has 1 aliphatic rings. The van der Waals surface area contributed by atoms with Crippen LogP contribution in [-0.4, -0.2) is 30.7 Å². The molecule has 0 radical (unpaired) electrons. The van der Waals surface area contributed by atoms with Crippen LogP contribution in [0.2, 0.25) is 0 Å². The second-order valence-corrected chi connectivity index (χ2v) is 5.45. The van der Waals surface area contributed by atoms with E-state index < -0.39 is 0 Å². The van der Waals surface area contributed by atoms with E-state index in [1.165, 1.54) is 11.1 Å². The fourth-order valence-electron chi connectivity index (χ4n) is 2.79. The highest BCUT2D eigenvalue weighted by atomic mass is 16.5. The van der Waals surface area contributed by atoms with Crippen LogP contribution in [0.3, 0.4) is 0 Å². The Balaban J connectivity index is 1.88. The van der Waals surface area contributed by atoms with Crippen molar-refractivity contribution >= 4 is 11.8 Å². The van der Waals surface area contributed by atoms with Crippen molar-refractivity contribution in [3.8, 4) is 5.75 Å². The molecule has 1 aromatic carbocycles. The minimum absolute atomic E-state index is 0.690. The molecular weight excluding hydrogens is 276 g/mol. The lowest BCUT2D eigenvalue weighted by molar-refractivity contribution is 0.413. The van der Waals surface area contributed by atoms with Crippen LogP contribution < -0.4 is 15.0 Å². The topological polar surface area (TPSA) is 50.3 Å². The van der Waals surface area contributed by atoms with Crippen molar-refractivity contribution in [1.82, 2.24) is 9.97 Å². The largest absolute Gasteiger partial charge is 0.497 e. The van der Waals surface area contributed by atoms with E-state index in [0.29, 0.717) is 5.95 Å².